The number of sulfone groups is 1. The summed E-state index contributed by atoms with van der Waals surface area (Å²) in [5.41, 5.74) is 1.91. The average molecular weight is 313 g/mol. The molecule has 4 nitrogen and oxygen atoms in total. The molecule has 5 heteroatoms. The molecule has 1 heterocycles. The molecule has 0 radical (unpaired) electrons. The molecule has 0 aliphatic rings. The summed E-state index contributed by atoms with van der Waals surface area (Å²) in [5, 5.41) is 1.07. The zero-order chi connectivity index (χ0) is 15.6. The number of hydrogen-bond donors (Lipinski definition) is 0. The van der Waals surface area contributed by atoms with Gasteiger partial charge in [0.1, 0.15) is 12.4 Å². The highest BCUT2D eigenvalue weighted by Gasteiger charge is 2.07. The molecule has 3 rings (SSSR count). The van der Waals surface area contributed by atoms with E-state index in [9.17, 15) is 8.42 Å². The fraction of sp³-hybridized carbons (Fsp3) is 0.118. The summed E-state index contributed by atoms with van der Waals surface area (Å²) in [5.74, 6) is 0.625. The maximum atomic E-state index is 11.4. The van der Waals surface area contributed by atoms with Crippen molar-refractivity contribution in [3.05, 3.63) is 66.4 Å². The van der Waals surface area contributed by atoms with Gasteiger partial charge < -0.3 is 4.74 Å². The first-order chi connectivity index (χ1) is 10.5. The van der Waals surface area contributed by atoms with Gasteiger partial charge in [-0.15, -0.1) is 0 Å². The van der Waals surface area contributed by atoms with Gasteiger partial charge in [0.2, 0.25) is 0 Å². The maximum Gasteiger partial charge on any atom is 0.175 e. The number of hydrogen-bond acceptors (Lipinski definition) is 4. The summed E-state index contributed by atoms with van der Waals surface area (Å²) in [6.07, 6.45) is 2.94. The lowest BCUT2D eigenvalue weighted by Gasteiger charge is -2.09. The number of ether oxygens (including phenoxy) is 1. The third kappa shape index (κ3) is 3.09. The average Bonchev–Trinajstić information content (AvgIpc) is 2.52. The van der Waals surface area contributed by atoms with E-state index in [1.807, 2.05) is 30.3 Å². The van der Waals surface area contributed by atoms with E-state index in [1.54, 1.807) is 30.5 Å². The third-order valence-corrected chi connectivity index (χ3v) is 4.49. The summed E-state index contributed by atoms with van der Waals surface area (Å²) < 4.78 is 28.6. The number of benzene rings is 2. The van der Waals surface area contributed by atoms with Gasteiger partial charge in [-0.2, -0.15) is 0 Å². The second-order valence-corrected chi connectivity index (χ2v) is 7.04. The SMILES string of the molecule is CS(=O)(=O)c1ccc(OCc2cccc3cccnc23)cc1. The zero-order valence-electron chi connectivity index (χ0n) is 12.1. The topological polar surface area (TPSA) is 56.3 Å². The molecule has 0 aliphatic heterocycles. The molecule has 1 aromatic heterocycles. The number of aromatic nitrogens is 1. The van der Waals surface area contributed by atoms with Crippen LogP contribution in [0.1, 0.15) is 5.56 Å². The van der Waals surface area contributed by atoms with Gasteiger partial charge in [-0.05, 0) is 30.3 Å². The van der Waals surface area contributed by atoms with Crippen molar-refractivity contribution in [1.82, 2.24) is 4.98 Å². The maximum absolute atomic E-state index is 11.4. The smallest absolute Gasteiger partial charge is 0.175 e. The van der Waals surface area contributed by atoms with Crippen LogP contribution in [0.5, 0.6) is 5.75 Å². The molecule has 0 saturated heterocycles. The molecule has 3 aromatic rings. The van der Waals surface area contributed by atoms with Crippen LogP contribution in [0.4, 0.5) is 0 Å². The highest BCUT2D eigenvalue weighted by atomic mass is 32.2. The molecule has 0 amide bonds. The number of rotatable bonds is 4. The molecule has 2 aromatic carbocycles. The van der Waals surface area contributed by atoms with Crippen LogP contribution in [-0.4, -0.2) is 19.7 Å². The summed E-state index contributed by atoms with van der Waals surface area (Å²) in [6.45, 7) is 0.382. The Balaban J connectivity index is 1.80. The monoisotopic (exact) mass is 313 g/mol. The number of para-hydroxylation sites is 1. The van der Waals surface area contributed by atoms with E-state index >= 15 is 0 Å². The molecule has 0 saturated carbocycles. The summed E-state index contributed by atoms with van der Waals surface area (Å²) in [4.78, 5) is 4.66. The van der Waals surface area contributed by atoms with Crippen LogP contribution >= 0.6 is 0 Å². The lowest BCUT2D eigenvalue weighted by molar-refractivity contribution is 0.307. The first-order valence-corrected chi connectivity index (χ1v) is 8.69. The van der Waals surface area contributed by atoms with Crippen LogP contribution in [0.3, 0.4) is 0 Å². The molecule has 112 valence electrons. The molecule has 0 bridgehead atoms. The highest BCUT2D eigenvalue weighted by molar-refractivity contribution is 7.90. The Bertz CT molecular complexity index is 897. The predicted molar refractivity (Wildman–Crippen MR) is 85.6 cm³/mol. The Hall–Kier alpha value is -2.40. The van der Waals surface area contributed by atoms with E-state index in [0.29, 0.717) is 12.4 Å². The van der Waals surface area contributed by atoms with Crippen LogP contribution in [0.15, 0.2) is 65.7 Å². The van der Waals surface area contributed by atoms with Crippen molar-refractivity contribution in [2.75, 3.05) is 6.26 Å². The quantitative estimate of drug-likeness (QED) is 0.742. The van der Waals surface area contributed by atoms with Crippen molar-refractivity contribution in [2.45, 2.75) is 11.5 Å². The zero-order valence-corrected chi connectivity index (χ0v) is 12.9. The van der Waals surface area contributed by atoms with Gasteiger partial charge in [0, 0.05) is 23.4 Å². The molecule has 22 heavy (non-hydrogen) atoms. The standard InChI is InChI=1S/C17H15NO3S/c1-22(19,20)16-9-7-15(8-10-16)21-12-14-5-2-4-13-6-3-11-18-17(13)14/h2-11H,12H2,1H3. The van der Waals surface area contributed by atoms with Crippen LogP contribution in [0.2, 0.25) is 0 Å². The number of nitrogens with zero attached hydrogens (tertiary/aromatic N) is 1. The van der Waals surface area contributed by atoms with E-state index in [4.69, 9.17) is 4.74 Å². The van der Waals surface area contributed by atoms with E-state index in [-0.39, 0.29) is 4.90 Å². The van der Waals surface area contributed by atoms with Crippen molar-refractivity contribution >= 4 is 20.7 Å². The molecule has 0 atom stereocenters. The van der Waals surface area contributed by atoms with E-state index in [2.05, 4.69) is 4.98 Å². The lowest BCUT2D eigenvalue weighted by Crippen LogP contribution is -1.99. The largest absolute Gasteiger partial charge is 0.489 e. The minimum atomic E-state index is -3.18. The second kappa shape index (κ2) is 5.77. The van der Waals surface area contributed by atoms with Crippen molar-refractivity contribution in [3.8, 4) is 5.75 Å². The molecular weight excluding hydrogens is 298 g/mol. The summed E-state index contributed by atoms with van der Waals surface area (Å²) in [7, 11) is -3.18. The molecule has 0 aliphatic carbocycles. The van der Waals surface area contributed by atoms with Gasteiger partial charge in [0.15, 0.2) is 9.84 Å². The summed E-state index contributed by atoms with van der Waals surface area (Å²) in [6, 6.07) is 16.3. The first kappa shape index (κ1) is 14.5. The van der Waals surface area contributed by atoms with Crippen LogP contribution in [0, 0.1) is 0 Å². The van der Waals surface area contributed by atoms with Gasteiger partial charge in [-0.25, -0.2) is 8.42 Å². The van der Waals surface area contributed by atoms with Gasteiger partial charge in [0.25, 0.3) is 0 Å². The molecular formula is C17H15NO3S. The Morgan fingerprint density at radius 2 is 1.73 bits per heavy atom. The number of pyridine rings is 1. The van der Waals surface area contributed by atoms with Crippen molar-refractivity contribution < 1.29 is 13.2 Å². The van der Waals surface area contributed by atoms with Gasteiger partial charge >= 0.3 is 0 Å². The number of fused-ring (bicyclic) bond motifs is 1. The van der Waals surface area contributed by atoms with Crippen molar-refractivity contribution in [1.29, 1.82) is 0 Å². The highest BCUT2D eigenvalue weighted by Crippen LogP contribution is 2.20. The van der Waals surface area contributed by atoms with Gasteiger partial charge in [-0.3, -0.25) is 4.98 Å². The Morgan fingerprint density at radius 3 is 2.45 bits per heavy atom. The molecule has 0 N–H and O–H groups in total. The fourth-order valence-electron chi connectivity index (χ4n) is 2.23. The normalized spacial score (nSPS) is 11.5. The second-order valence-electron chi connectivity index (χ2n) is 5.02. The summed E-state index contributed by atoms with van der Waals surface area (Å²) >= 11 is 0. The minimum absolute atomic E-state index is 0.284. The first-order valence-electron chi connectivity index (χ1n) is 6.79. The Morgan fingerprint density at radius 1 is 1.00 bits per heavy atom. The van der Waals surface area contributed by atoms with Gasteiger partial charge in [-0.1, -0.05) is 24.3 Å². The predicted octanol–water partition coefficient (Wildman–Crippen LogP) is 3.22. The Labute approximate surface area is 129 Å². The Kier molecular flexibility index (Phi) is 3.81. The van der Waals surface area contributed by atoms with Crippen LogP contribution < -0.4 is 4.74 Å². The van der Waals surface area contributed by atoms with Crippen LogP contribution in [0.25, 0.3) is 10.9 Å². The van der Waals surface area contributed by atoms with E-state index in [1.165, 1.54) is 6.26 Å². The van der Waals surface area contributed by atoms with E-state index < -0.39 is 9.84 Å². The molecule has 0 unspecified atom stereocenters. The minimum Gasteiger partial charge on any atom is -0.489 e. The van der Waals surface area contributed by atoms with Crippen LogP contribution in [-0.2, 0) is 16.4 Å². The molecule has 0 spiro atoms. The van der Waals surface area contributed by atoms with Crippen molar-refractivity contribution in [3.63, 3.8) is 0 Å². The fourth-order valence-corrected chi connectivity index (χ4v) is 2.86. The third-order valence-electron chi connectivity index (χ3n) is 3.36. The molecule has 0 fully saturated rings. The van der Waals surface area contributed by atoms with E-state index in [0.717, 1.165) is 16.5 Å². The van der Waals surface area contributed by atoms with Gasteiger partial charge in [0.05, 0.1) is 10.4 Å². The lowest BCUT2D eigenvalue weighted by atomic mass is 10.1. The van der Waals surface area contributed by atoms with Crippen molar-refractivity contribution in [2.24, 2.45) is 0 Å².